The van der Waals surface area contributed by atoms with Crippen LogP contribution in [0, 0.1) is 23.8 Å². The summed E-state index contributed by atoms with van der Waals surface area (Å²) < 4.78 is 12.2. The van der Waals surface area contributed by atoms with E-state index in [1.165, 1.54) is 6.26 Å². The number of nitro benzene ring substituents is 2. The largest absolute Gasteiger partial charge is 0.492 e. The summed E-state index contributed by atoms with van der Waals surface area (Å²) in [4.78, 5) is 22.8. The highest BCUT2D eigenvalue weighted by Crippen LogP contribution is 2.39. The number of furan rings is 2. The van der Waals surface area contributed by atoms with Crippen molar-refractivity contribution in [3.63, 3.8) is 0 Å². The van der Waals surface area contributed by atoms with Crippen LogP contribution in [-0.4, -0.2) is 31.9 Å². The number of hydrogen-bond acceptors (Lipinski definition) is 8. The molecule has 6 aromatic rings. The van der Waals surface area contributed by atoms with Crippen molar-refractivity contribution < 1.29 is 28.7 Å². The monoisotopic (exact) mass is 948 g/mol. The van der Waals surface area contributed by atoms with Crippen molar-refractivity contribution in [3.05, 3.63) is 130 Å². The predicted octanol–water partition coefficient (Wildman–Crippen LogP) is 8.90. The molecule has 0 radical (unpaired) electrons. The number of benzene rings is 4. The lowest BCUT2D eigenvalue weighted by molar-refractivity contribution is -0.386. The summed E-state index contributed by atoms with van der Waals surface area (Å²) in [7, 11) is -1.46. The van der Waals surface area contributed by atoms with Gasteiger partial charge in [0.15, 0.2) is 0 Å². The summed E-state index contributed by atoms with van der Waals surface area (Å²) in [6.07, 6.45) is 2.91. The van der Waals surface area contributed by atoms with Gasteiger partial charge >= 0.3 is 7.12 Å². The average molecular weight is 950 g/mol. The normalized spacial score (nSPS) is 10.1. The first kappa shape index (κ1) is 35.6. The molecular weight excluding hydrogens is 929 g/mol. The molecule has 6 rings (SSSR count). The Balaban J connectivity index is 0.000000184. The van der Waals surface area contributed by atoms with Crippen LogP contribution in [0.3, 0.4) is 0 Å². The van der Waals surface area contributed by atoms with Crippen LogP contribution in [0.4, 0.5) is 11.4 Å². The highest BCUT2D eigenvalue weighted by Gasteiger charge is 2.22. The minimum absolute atomic E-state index is 0.0500. The van der Waals surface area contributed by atoms with Crippen molar-refractivity contribution in [3.8, 4) is 11.1 Å². The first-order valence-electron chi connectivity index (χ1n) is 12.3. The molecule has 226 valence electrons. The number of nitrogens with zero attached hydrogens (tertiary/aromatic N) is 2. The Morgan fingerprint density at radius 3 is 1.73 bits per heavy atom. The molecule has 2 heterocycles. The summed E-state index contributed by atoms with van der Waals surface area (Å²) in [5.41, 5.74) is 3.24. The topological polar surface area (TPSA) is 153 Å². The molecule has 2 aromatic heterocycles. The van der Waals surface area contributed by atoms with Crippen LogP contribution in [0.5, 0.6) is 0 Å². The van der Waals surface area contributed by atoms with Crippen molar-refractivity contribution in [2.24, 2.45) is 0 Å². The van der Waals surface area contributed by atoms with E-state index in [4.69, 9.17) is 18.9 Å². The third-order valence-electron chi connectivity index (χ3n) is 5.85. The highest BCUT2D eigenvalue weighted by molar-refractivity contribution is 14.1. The molecule has 0 aliphatic carbocycles. The number of para-hydroxylation sites is 4. The van der Waals surface area contributed by atoms with Gasteiger partial charge in [0.25, 0.3) is 11.4 Å². The van der Waals surface area contributed by atoms with Crippen LogP contribution in [0.15, 0.2) is 115 Å². The molecule has 0 saturated carbocycles. The van der Waals surface area contributed by atoms with Gasteiger partial charge < -0.3 is 18.9 Å². The molecule has 4 aromatic carbocycles. The Morgan fingerprint density at radius 1 is 0.682 bits per heavy atom. The molecule has 0 aliphatic heterocycles. The lowest BCUT2D eigenvalue weighted by Gasteiger charge is -2.02. The van der Waals surface area contributed by atoms with Gasteiger partial charge in [-0.25, -0.2) is 0 Å². The van der Waals surface area contributed by atoms with Gasteiger partial charge in [-0.1, -0.05) is 71.1 Å². The van der Waals surface area contributed by atoms with E-state index in [1.807, 2.05) is 63.9 Å². The summed E-state index contributed by atoms with van der Waals surface area (Å²) >= 11 is 10.4. The number of halogens is 4. The van der Waals surface area contributed by atoms with E-state index < -0.39 is 12.0 Å². The van der Waals surface area contributed by atoms with Crippen molar-refractivity contribution in [2.75, 3.05) is 4.93 Å². The van der Waals surface area contributed by atoms with Crippen LogP contribution in [0.25, 0.3) is 33.1 Å². The highest BCUT2D eigenvalue weighted by atomic mass is 127. The van der Waals surface area contributed by atoms with Gasteiger partial charge in [-0.05, 0) is 95.8 Å². The second-order valence-corrected chi connectivity index (χ2v) is 11.3. The lowest BCUT2D eigenvalue weighted by Crippen LogP contribution is -2.28. The van der Waals surface area contributed by atoms with Crippen molar-refractivity contribution in [1.29, 1.82) is 0 Å². The van der Waals surface area contributed by atoms with Crippen LogP contribution >= 0.6 is 77.0 Å². The Hall–Kier alpha value is -2.84. The average Bonchev–Trinajstić information content (AvgIpc) is 3.63. The molecular formula is C29H21BBr2I2N2O8. The van der Waals surface area contributed by atoms with E-state index in [-0.39, 0.29) is 16.3 Å². The molecule has 2 N–H and O–H groups in total. The van der Waals surface area contributed by atoms with E-state index in [2.05, 4.69) is 54.5 Å². The molecule has 0 atom stereocenters. The lowest BCUT2D eigenvalue weighted by atomic mass is 9.80. The third kappa shape index (κ3) is 8.66. The van der Waals surface area contributed by atoms with Crippen molar-refractivity contribution >= 4 is 123 Å². The first-order valence-corrected chi connectivity index (χ1v) is 17.1. The van der Waals surface area contributed by atoms with Gasteiger partial charge in [0, 0.05) is 21.8 Å². The SMILES string of the molecule is CI.O=[N+]([O-])c1c(Br)cccc1-c1coc2ccccc12.O=[N+]([O-])c1c(Br)cccc1I.OB(O)c1coc2ccccc12. The zero-order valence-electron chi connectivity index (χ0n) is 22.6. The summed E-state index contributed by atoms with van der Waals surface area (Å²) in [5.74, 6) is 0. The smallest absolute Gasteiger partial charge is 0.465 e. The van der Waals surface area contributed by atoms with Gasteiger partial charge in [-0.2, -0.15) is 0 Å². The van der Waals surface area contributed by atoms with E-state index in [1.54, 1.807) is 54.8 Å². The van der Waals surface area contributed by atoms with Crippen molar-refractivity contribution in [1.82, 2.24) is 0 Å². The Morgan fingerprint density at radius 2 is 1.18 bits per heavy atom. The Bertz CT molecular complexity index is 1880. The second kappa shape index (κ2) is 17.0. The Kier molecular flexibility index (Phi) is 13.8. The number of rotatable bonds is 4. The van der Waals surface area contributed by atoms with E-state index in [0.29, 0.717) is 34.7 Å². The number of alkyl halides is 1. The van der Waals surface area contributed by atoms with E-state index in [0.717, 1.165) is 16.3 Å². The number of fused-ring (bicyclic) bond motifs is 2. The van der Waals surface area contributed by atoms with Crippen molar-refractivity contribution in [2.45, 2.75) is 0 Å². The molecule has 0 fully saturated rings. The molecule has 0 aliphatic rings. The molecule has 0 amide bonds. The van der Waals surface area contributed by atoms with Gasteiger partial charge in [0.05, 0.1) is 40.5 Å². The third-order valence-corrected chi connectivity index (χ3v) is 8.00. The zero-order valence-corrected chi connectivity index (χ0v) is 30.1. The van der Waals surface area contributed by atoms with Gasteiger partial charge in [-0.15, -0.1) is 0 Å². The zero-order chi connectivity index (χ0) is 32.4. The fraction of sp³-hybridized carbons (Fsp3) is 0.0345. The molecule has 0 bridgehead atoms. The molecule has 10 nitrogen and oxygen atoms in total. The van der Waals surface area contributed by atoms with Gasteiger partial charge in [0.2, 0.25) is 0 Å². The molecule has 15 heteroatoms. The van der Waals surface area contributed by atoms with Crippen LogP contribution in [0.2, 0.25) is 0 Å². The quantitative estimate of drug-likeness (QED) is 0.0585. The Labute approximate surface area is 295 Å². The maximum absolute atomic E-state index is 11.2. The molecule has 0 spiro atoms. The van der Waals surface area contributed by atoms with E-state index >= 15 is 0 Å². The predicted molar refractivity (Wildman–Crippen MR) is 196 cm³/mol. The summed E-state index contributed by atoms with van der Waals surface area (Å²) in [5, 5.41) is 41.1. The van der Waals surface area contributed by atoms with Crippen LogP contribution in [-0.2, 0) is 0 Å². The van der Waals surface area contributed by atoms with E-state index in [9.17, 15) is 20.2 Å². The summed E-state index contributed by atoms with van der Waals surface area (Å²) in [6.45, 7) is 0. The van der Waals surface area contributed by atoms with Crippen LogP contribution < -0.4 is 5.46 Å². The minimum atomic E-state index is -1.46. The second-order valence-electron chi connectivity index (χ2n) is 8.43. The molecule has 0 unspecified atom stereocenters. The maximum atomic E-state index is 11.2. The molecule has 44 heavy (non-hydrogen) atoms. The van der Waals surface area contributed by atoms with Gasteiger partial charge in [0.1, 0.15) is 11.2 Å². The van der Waals surface area contributed by atoms with Gasteiger partial charge in [-0.3, -0.25) is 20.2 Å². The maximum Gasteiger partial charge on any atom is 0.492 e. The fourth-order valence-electron chi connectivity index (χ4n) is 3.97. The summed E-state index contributed by atoms with van der Waals surface area (Å²) in [6, 6.07) is 25.0. The van der Waals surface area contributed by atoms with Crippen LogP contribution in [0.1, 0.15) is 0 Å². The first-order chi connectivity index (χ1) is 21.1. The number of hydrogen-bond donors (Lipinski definition) is 2. The minimum Gasteiger partial charge on any atom is -0.465 e. The fourth-order valence-corrected chi connectivity index (χ4v) is 6.05. The standard InChI is InChI=1S/C14H8BrNO3.C8H7BO3.C6H3BrINO2.CH3I/c15-12-6-3-5-10(14(12)16(17)18)11-8-19-13-7-2-1-4-9(11)13;10-9(11)7-5-12-8-4-2-1-3-6(7)8;7-4-2-1-3-5(8)6(4)9(10)11;1-2/h1-8H;1-5,10-11H;1-3H;1H3. The number of nitro groups is 2. The molecule has 0 saturated heterocycles.